The van der Waals surface area contributed by atoms with E-state index in [1.165, 1.54) is 39.1 Å². The molecule has 27 heavy (non-hydrogen) atoms. The van der Waals surface area contributed by atoms with E-state index in [-0.39, 0.29) is 11.7 Å². The Hall–Kier alpha value is -1.68. The molecule has 0 atom stereocenters. The summed E-state index contributed by atoms with van der Waals surface area (Å²) in [6.07, 6.45) is 1.66. The summed E-state index contributed by atoms with van der Waals surface area (Å²) < 4.78 is 1.69. The summed E-state index contributed by atoms with van der Waals surface area (Å²) in [6, 6.07) is 12.5. The monoisotopic (exact) mass is 434 g/mol. The van der Waals surface area contributed by atoms with Crippen molar-refractivity contribution in [1.82, 2.24) is 15.6 Å². The van der Waals surface area contributed by atoms with E-state index in [9.17, 15) is 4.79 Å². The number of benzene rings is 1. The van der Waals surface area contributed by atoms with E-state index in [1.54, 1.807) is 29.3 Å². The second-order valence-electron chi connectivity index (χ2n) is 5.64. The van der Waals surface area contributed by atoms with E-state index < -0.39 is 0 Å². The van der Waals surface area contributed by atoms with Crippen molar-refractivity contribution in [2.45, 2.75) is 28.3 Å². The van der Waals surface area contributed by atoms with Crippen LogP contribution in [0.25, 0.3) is 0 Å². The van der Waals surface area contributed by atoms with E-state index in [4.69, 9.17) is 0 Å². The number of hydrazone groups is 1. The molecule has 0 aliphatic heterocycles. The summed E-state index contributed by atoms with van der Waals surface area (Å²) in [5.41, 5.74) is 5.05. The summed E-state index contributed by atoms with van der Waals surface area (Å²) in [5, 5.41) is 12.3. The number of nitrogens with one attached hydrogen (secondary N) is 1. The van der Waals surface area contributed by atoms with Crippen LogP contribution in [0.3, 0.4) is 0 Å². The molecule has 0 unspecified atom stereocenters. The van der Waals surface area contributed by atoms with Gasteiger partial charge in [0.2, 0.25) is 0 Å². The van der Waals surface area contributed by atoms with Crippen LogP contribution >= 0.6 is 46.2 Å². The normalized spacial score (nSPS) is 11.2. The first-order chi connectivity index (χ1) is 13.1. The van der Waals surface area contributed by atoms with Gasteiger partial charge in [-0.05, 0) is 31.5 Å². The second-order valence-corrected chi connectivity index (χ2v) is 10.4. The molecule has 0 fully saturated rings. The van der Waals surface area contributed by atoms with Crippen molar-refractivity contribution < 1.29 is 4.79 Å². The maximum Gasteiger partial charge on any atom is 0.250 e. The number of carbonyl (C=O) groups is 1. The number of rotatable bonds is 8. The number of nitrogens with zero attached hydrogens (tertiary/aromatic N) is 3. The van der Waals surface area contributed by atoms with E-state index >= 15 is 0 Å². The molecule has 5 nitrogen and oxygen atoms in total. The molecule has 2 heterocycles. The van der Waals surface area contributed by atoms with E-state index in [0.717, 1.165) is 19.3 Å². The zero-order chi connectivity index (χ0) is 19.1. The number of aromatic nitrogens is 2. The minimum atomic E-state index is -0.159. The molecule has 0 aliphatic rings. The molecular formula is C18H18N4OS4. The fourth-order valence-electron chi connectivity index (χ4n) is 1.99. The van der Waals surface area contributed by atoms with E-state index in [2.05, 4.69) is 51.9 Å². The van der Waals surface area contributed by atoms with Gasteiger partial charge in [0.1, 0.15) is 0 Å². The highest BCUT2D eigenvalue weighted by Gasteiger charge is 2.08. The lowest BCUT2D eigenvalue weighted by atomic mass is 10.2. The molecule has 1 N–H and O–H groups in total. The Morgan fingerprint density at radius 2 is 1.81 bits per heavy atom. The molecule has 3 rings (SSSR count). The number of aryl methyl sites for hydroxylation is 2. The van der Waals surface area contributed by atoms with Gasteiger partial charge in [-0.3, -0.25) is 4.79 Å². The molecule has 2 aromatic heterocycles. The van der Waals surface area contributed by atoms with Crippen molar-refractivity contribution >= 4 is 58.3 Å². The first-order valence-electron chi connectivity index (χ1n) is 8.11. The summed E-state index contributed by atoms with van der Waals surface area (Å²) >= 11 is 6.17. The van der Waals surface area contributed by atoms with Crippen LogP contribution in [0.4, 0.5) is 0 Å². The van der Waals surface area contributed by atoms with Crippen LogP contribution in [-0.2, 0) is 10.5 Å². The quantitative estimate of drug-likeness (QED) is 0.315. The lowest BCUT2D eigenvalue weighted by molar-refractivity contribution is -0.118. The van der Waals surface area contributed by atoms with Crippen molar-refractivity contribution in [2.24, 2.45) is 5.10 Å². The molecule has 0 bridgehead atoms. The van der Waals surface area contributed by atoms with E-state index in [0.29, 0.717) is 0 Å². The van der Waals surface area contributed by atoms with Gasteiger partial charge in [-0.1, -0.05) is 64.7 Å². The third-order valence-corrected chi connectivity index (χ3v) is 7.54. The van der Waals surface area contributed by atoms with Gasteiger partial charge >= 0.3 is 0 Å². The minimum Gasteiger partial charge on any atom is -0.272 e. The van der Waals surface area contributed by atoms with Gasteiger partial charge in [0.25, 0.3) is 5.91 Å². The summed E-state index contributed by atoms with van der Waals surface area (Å²) in [5.74, 6) is 0.961. The van der Waals surface area contributed by atoms with Gasteiger partial charge in [0, 0.05) is 15.5 Å². The molecule has 0 spiro atoms. The van der Waals surface area contributed by atoms with Gasteiger partial charge in [-0.2, -0.15) is 5.10 Å². The Balaban J connectivity index is 1.40. The van der Waals surface area contributed by atoms with Crippen LogP contribution in [0, 0.1) is 13.8 Å². The molecule has 0 saturated carbocycles. The molecule has 1 aromatic carbocycles. The van der Waals surface area contributed by atoms with Crippen LogP contribution in [0.5, 0.6) is 0 Å². The number of thiophene rings is 1. The van der Waals surface area contributed by atoms with Gasteiger partial charge in [-0.25, -0.2) is 5.43 Å². The van der Waals surface area contributed by atoms with Gasteiger partial charge in [0.05, 0.1) is 12.0 Å². The molecular weight excluding hydrogens is 416 g/mol. The van der Waals surface area contributed by atoms with Crippen LogP contribution in [-0.4, -0.2) is 28.1 Å². The molecule has 140 valence electrons. The minimum absolute atomic E-state index is 0.159. The zero-order valence-corrected chi connectivity index (χ0v) is 18.1. The highest BCUT2D eigenvalue weighted by Crippen LogP contribution is 2.30. The van der Waals surface area contributed by atoms with Gasteiger partial charge in [-0.15, -0.1) is 21.5 Å². The van der Waals surface area contributed by atoms with Crippen molar-refractivity contribution in [3.05, 3.63) is 57.3 Å². The third-order valence-electron chi connectivity index (χ3n) is 3.34. The molecule has 0 aliphatic carbocycles. The fourth-order valence-corrected chi connectivity index (χ4v) is 5.51. The Kier molecular flexibility index (Phi) is 7.45. The van der Waals surface area contributed by atoms with Crippen LogP contribution in [0.15, 0.2) is 50.2 Å². The second kappa shape index (κ2) is 10.0. The van der Waals surface area contributed by atoms with Gasteiger partial charge < -0.3 is 0 Å². The molecule has 0 radical (unpaired) electrons. The first-order valence-corrected chi connectivity index (χ1v) is 11.7. The van der Waals surface area contributed by atoms with Crippen LogP contribution in [0.1, 0.15) is 20.9 Å². The number of hydrogen-bond acceptors (Lipinski definition) is 8. The van der Waals surface area contributed by atoms with Crippen molar-refractivity contribution in [3.8, 4) is 0 Å². The maximum absolute atomic E-state index is 11.9. The number of thioether (sulfide) groups is 2. The predicted octanol–water partition coefficient (Wildman–Crippen LogP) is 4.75. The molecule has 0 saturated heterocycles. The molecule has 1 amide bonds. The summed E-state index contributed by atoms with van der Waals surface area (Å²) in [7, 11) is 0. The van der Waals surface area contributed by atoms with Crippen molar-refractivity contribution in [3.63, 3.8) is 0 Å². The highest BCUT2D eigenvalue weighted by molar-refractivity contribution is 8.03. The topological polar surface area (TPSA) is 67.2 Å². The van der Waals surface area contributed by atoms with Crippen LogP contribution < -0.4 is 5.43 Å². The molecule has 3 aromatic rings. The molecule has 9 heteroatoms. The summed E-state index contributed by atoms with van der Waals surface area (Å²) in [4.78, 5) is 14.1. The number of amides is 1. The smallest absolute Gasteiger partial charge is 0.250 e. The highest BCUT2D eigenvalue weighted by atomic mass is 32.2. The fraction of sp³-hybridized carbons (Fsp3) is 0.222. The van der Waals surface area contributed by atoms with Crippen molar-refractivity contribution in [2.75, 3.05) is 5.75 Å². The van der Waals surface area contributed by atoms with E-state index in [1.807, 2.05) is 19.1 Å². The Labute approximate surface area is 174 Å². The third kappa shape index (κ3) is 6.76. The number of hydrogen-bond donors (Lipinski definition) is 1. The predicted molar refractivity (Wildman–Crippen MR) is 116 cm³/mol. The Morgan fingerprint density at radius 1 is 1.07 bits per heavy atom. The Morgan fingerprint density at radius 3 is 2.52 bits per heavy atom. The van der Waals surface area contributed by atoms with Crippen molar-refractivity contribution in [1.29, 1.82) is 0 Å². The average molecular weight is 435 g/mol. The van der Waals surface area contributed by atoms with Crippen LogP contribution in [0.2, 0.25) is 0 Å². The Bertz CT molecular complexity index is 918. The lowest BCUT2D eigenvalue weighted by Gasteiger charge is -1.99. The lowest BCUT2D eigenvalue weighted by Crippen LogP contribution is -2.19. The largest absolute Gasteiger partial charge is 0.272 e. The first kappa shape index (κ1) is 20.1. The van der Waals surface area contributed by atoms with Gasteiger partial charge in [0.15, 0.2) is 8.68 Å². The zero-order valence-electron chi connectivity index (χ0n) is 14.8. The average Bonchev–Trinajstić information content (AvgIpc) is 3.28. The number of carbonyl (C=O) groups excluding carboxylic acids is 1. The maximum atomic E-state index is 11.9. The SMILES string of the molecule is Cc1ccc(CSc2nnc(SCC(=O)N/N=C\c3ccc(C)s3)s2)cc1. The standard InChI is InChI=1S/C18H18N4OS4/c1-12-3-6-14(7-4-12)10-24-17-21-22-18(27-17)25-11-16(23)20-19-9-15-8-5-13(2)26-15/h3-9H,10-11H2,1-2H3,(H,20,23)/b19-9-. The summed E-state index contributed by atoms with van der Waals surface area (Å²) in [6.45, 7) is 4.11.